The number of hydrogen-bond donors (Lipinski definition) is 1. The maximum Gasteiger partial charge on any atom is 0.147 e. The molecule has 0 spiro atoms. The van der Waals surface area contributed by atoms with Crippen LogP contribution in [0.4, 0.5) is 0 Å². The van der Waals surface area contributed by atoms with Gasteiger partial charge in [0, 0.05) is 26.2 Å². The van der Waals surface area contributed by atoms with E-state index in [2.05, 4.69) is 38.8 Å². The van der Waals surface area contributed by atoms with Crippen molar-refractivity contribution in [2.75, 3.05) is 26.2 Å². The molecule has 0 amide bonds. The maximum atomic E-state index is 4.25. The zero-order valence-electron chi connectivity index (χ0n) is 13.5. The van der Waals surface area contributed by atoms with E-state index in [0.717, 1.165) is 37.9 Å². The second-order valence-electron chi connectivity index (χ2n) is 7.38. The monoisotopic (exact) mass is 291 g/mol. The van der Waals surface area contributed by atoms with Crippen LogP contribution in [0.1, 0.15) is 45.4 Å². The second-order valence-corrected chi connectivity index (χ2v) is 7.38. The third-order valence-electron chi connectivity index (χ3n) is 4.99. The van der Waals surface area contributed by atoms with E-state index >= 15 is 0 Å². The summed E-state index contributed by atoms with van der Waals surface area (Å²) in [4.78, 5) is 2.59. The van der Waals surface area contributed by atoms with Gasteiger partial charge in [-0.1, -0.05) is 26.7 Å². The molecule has 0 unspecified atom stereocenters. The van der Waals surface area contributed by atoms with Crippen molar-refractivity contribution in [2.45, 2.75) is 52.6 Å². The lowest BCUT2D eigenvalue weighted by Gasteiger charge is -2.37. The Kier molecular flexibility index (Phi) is 4.60. The van der Waals surface area contributed by atoms with Gasteiger partial charge in [0.1, 0.15) is 12.2 Å². The molecule has 2 heterocycles. The minimum atomic E-state index is 0.483. The molecule has 1 saturated carbocycles. The molecule has 1 aromatic rings. The topological polar surface area (TPSA) is 46.0 Å². The molecule has 0 atom stereocenters. The Morgan fingerprint density at radius 3 is 2.86 bits per heavy atom. The van der Waals surface area contributed by atoms with Crippen LogP contribution in [0.5, 0.6) is 0 Å². The van der Waals surface area contributed by atoms with Gasteiger partial charge >= 0.3 is 0 Å². The first-order valence-electron chi connectivity index (χ1n) is 8.47. The zero-order chi connectivity index (χ0) is 14.7. The van der Waals surface area contributed by atoms with E-state index in [1.807, 2.05) is 6.33 Å². The highest BCUT2D eigenvalue weighted by atomic mass is 15.3. The van der Waals surface area contributed by atoms with Crippen LogP contribution in [0.15, 0.2) is 6.33 Å². The lowest BCUT2D eigenvalue weighted by atomic mass is 9.85. The molecule has 21 heavy (non-hydrogen) atoms. The van der Waals surface area contributed by atoms with Crippen molar-refractivity contribution in [3.05, 3.63) is 12.2 Å². The Morgan fingerprint density at radius 2 is 2.10 bits per heavy atom. The molecule has 0 aromatic carbocycles. The van der Waals surface area contributed by atoms with E-state index in [4.69, 9.17) is 0 Å². The molecule has 5 nitrogen and oxygen atoms in total. The Morgan fingerprint density at radius 1 is 1.29 bits per heavy atom. The van der Waals surface area contributed by atoms with Gasteiger partial charge in [0.05, 0.1) is 6.54 Å². The van der Waals surface area contributed by atoms with Crippen LogP contribution in [0.2, 0.25) is 0 Å². The van der Waals surface area contributed by atoms with E-state index in [9.17, 15) is 0 Å². The van der Waals surface area contributed by atoms with Gasteiger partial charge in [-0.2, -0.15) is 0 Å². The highest BCUT2D eigenvalue weighted by Gasteiger charge is 2.36. The lowest BCUT2D eigenvalue weighted by Crippen LogP contribution is -2.45. The second kappa shape index (κ2) is 6.44. The molecule has 0 radical (unpaired) electrons. The van der Waals surface area contributed by atoms with Crippen molar-refractivity contribution in [1.29, 1.82) is 0 Å². The maximum absolute atomic E-state index is 4.25. The Labute approximate surface area is 128 Å². The van der Waals surface area contributed by atoms with Crippen molar-refractivity contribution in [1.82, 2.24) is 25.0 Å². The summed E-state index contributed by atoms with van der Waals surface area (Å²) in [5.41, 5.74) is 0.483. The van der Waals surface area contributed by atoms with Crippen LogP contribution in [0.25, 0.3) is 0 Å². The largest absolute Gasteiger partial charge is 0.316 e. The molecule has 118 valence electrons. The zero-order valence-corrected chi connectivity index (χ0v) is 13.5. The van der Waals surface area contributed by atoms with Crippen molar-refractivity contribution < 1.29 is 0 Å². The van der Waals surface area contributed by atoms with Gasteiger partial charge in [0.25, 0.3) is 0 Å². The summed E-state index contributed by atoms with van der Waals surface area (Å²) in [6.07, 6.45) is 7.41. The number of fused-ring (bicyclic) bond motifs is 1. The highest BCUT2D eigenvalue weighted by Crippen LogP contribution is 2.38. The fourth-order valence-corrected chi connectivity index (χ4v) is 3.87. The minimum Gasteiger partial charge on any atom is -0.316 e. The summed E-state index contributed by atoms with van der Waals surface area (Å²) < 4.78 is 2.19. The summed E-state index contributed by atoms with van der Waals surface area (Å²) in [5.74, 6) is 1.86. The molecule has 1 fully saturated rings. The molecule has 5 heteroatoms. The van der Waals surface area contributed by atoms with Crippen molar-refractivity contribution in [3.63, 3.8) is 0 Å². The number of aromatic nitrogens is 3. The summed E-state index contributed by atoms with van der Waals surface area (Å²) >= 11 is 0. The van der Waals surface area contributed by atoms with Gasteiger partial charge in [-0.05, 0) is 30.7 Å². The van der Waals surface area contributed by atoms with Gasteiger partial charge in [-0.3, -0.25) is 4.90 Å². The number of hydrogen-bond acceptors (Lipinski definition) is 4. The lowest BCUT2D eigenvalue weighted by molar-refractivity contribution is 0.121. The average molecular weight is 291 g/mol. The average Bonchev–Trinajstić information content (AvgIpc) is 3.07. The van der Waals surface area contributed by atoms with Crippen LogP contribution in [0, 0.1) is 11.3 Å². The minimum absolute atomic E-state index is 0.483. The molecule has 2 aliphatic rings. The van der Waals surface area contributed by atoms with E-state index in [-0.39, 0.29) is 0 Å². The van der Waals surface area contributed by atoms with E-state index < -0.39 is 0 Å². The van der Waals surface area contributed by atoms with Crippen LogP contribution in [-0.4, -0.2) is 45.8 Å². The molecule has 1 aromatic heterocycles. The molecule has 3 rings (SSSR count). The van der Waals surface area contributed by atoms with Crippen LogP contribution >= 0.6 is 0 Å². The Bertz CT molecular complexity index is 447. The summed E-state index contributed by atoms with van der Waals surface area (Å²) in [6.45, 7) is 11.2. The van der Waals surface area contributed by atoms with Crippen LogP contribution in [0.3, 0.4) is 0 Å². The predicted octanol–water partition coefficient (Wildman–Crippen LogP) is 1.90. The number of nitrogens with one attached hydrogen (secondary N) is 1. The van der Waals surface area contributed by atoms with Gasteiger partial charge in [0.15, 0.2) is 0 Å². The summed E-state index contributed by atoms with van der Waals surface area (Å²) in [7, 11) is 0. The fourth-order valence-electron chi connectivity index (χ4n) is 3.87. The highest BCUT2D eigenvalue weighted by molar-refractivity contribution is 4.94. The molecular weight excluding hydrogens is 262 g/mol. The van der Waals surface area contributed by atoms with Gasteiger partial charge in [0.2, 0.25) is 0 Å². The van der Waals surface area contributed by atoms with Gasteiger partial charge in [-0.25, -0.2) is 0 Å². The van der Waals surface area contributed by atoms with Crippen LogP contribution in [-0.2, 0) is 13.1 Å². The predicted molar refractivity (Wildman–Crippen MR) is 83.9 cm³/mol. The third-order valence-corrected chi connectivity index (χ3v) is 4.99. The Hall–Kier alpha value is -0.940. The van der Waals surface area contributed by atoms with Gasteiger partial charge in [-0.15, -0.1) is 10.2 Å². The number of rotatable bonds is 6. The number of nitrogens with zero attached hydrogens (tertiary/aromatic N) is 4. The van der Waals surface area contributed by atoms with Crippen molar-refractivity contribution in [2.24, 2.45) is 11.3 Å². The van der Waals surface area contributed by atoms with Crippen LogP contribution < -0.4 is 5.32 Å². The molecule has 0 bridgehead atoms. The van der Waals surface area contributed by atoms with Gasteiger partial charge < -0.3 is 9.88 Å². The third kappa shape index (κ3) is 3.64. The fraction of sp³-hybridized carbons (Fsp3) is 0.875. The van der Waals surface area contributed by atoms with Crippen molar-refractivity contribution >= 4 is 0 Å². The van der Waals surface area contributed by atoms with E-state index in [0.29, 0.717) is 5.41 Å². The first-order valence-corrected chi connectivity index (χ1v) is 8.47. The quantitative estimate of drug-likeness (QED) is 0.869. The first kappa shape index (κ1) is 15.0. The standard InChI is InChI=1S/C16H29N5/c1-14(2)9-17-11-16(5-3-4-6-16)12-20-7-8-21-13-18-19-15(21)10-20/h13-14,17H,3-12H2,1-2H3. The molecule has 1 aliphatic carbocycles. The van der Waals surface area contributed by atoms with E-state index in [1.165, 1.54) is 38.8 Å². The molecule has 1 N–H and O–H groups in total. The smallest absolute Gasteiger partial charge is 0.147 e. The molecule has 1 aliphatic heterocycles. The summed E-state index contributed by atoms with van der Waals surface area (Å²) in [6, 6.07) is 0. The molecular formula is C16H29N5. The van der Waals surface area contributed by atoms with E-state index in [1.54, 1.807) is 0 Å². The Balaban J connectivity index is 1.58. The van der Waals surface area contributed by atoms with Crippen molar-refractivity contribution in [3.8, 4) is 0 Å². The first-order chi connectivity index (χ1) is 10.2. The molecule has 0 saturated heterocycles. The summed E-state index contributed by atoms with van der Waals surface area (Å²) in [5, 5.41) is 12.0. The SMILES string of the molecule is CC(C)CNCC1(CN2CCn3cnnc3C2)CCCC1. The normalized spacial score (nSPS) is 21.9.